The Bertz CT molecular complexity index is 578. The van der Waals surface area contributed by atoms with Gasteiger partial charge in [-0.1, -0.05) is 18.2 Å². The molecule has 1 fully saturated rings. The molecule has 6 nitrogen and oxygen atoms in total. The van der Waals surface area contributed by atoms with Crippen LogP contribution in [0.25, 0.3) is 0 Å². The highest BCUT2D eigenvalue weighted by molar-refractivity contribution is 6.29. The van der Waals surface area contributed by atoms with Crippen molar-refractivity contribution in [2.24, 2.45) is 5.73 Å². The minimum atomic E-state index is -0.580. The van der Waals surface area contributed by atoms with Gasteiger partial charge in [-0.2, -0.15) is 0 Å². The molecule has 0 radical (unpaired) electrons. The van der Waals surface area contributed by atoms with Gasteiger partial charge in [0.2, 0.25) is 5.91 Å². The molecule has 1 heterocycles. The molecule has 0 atom stereocenters. The molecule has 3 N–H and O–H groups in total. The summed E-state index contributed by atoms with van der Waals surface area (Å²) < 4.78 is 0. The van der Waals surface area contributed by atoms with Crippen molar-refractivity contribution in [1.29, 1.82) is 0 Å². The van der Waals surface area contributed by atoms with E-state index >= 15 is 0 Å². The van der Waals surface area contributed by atoms with Crippen LogP contribution in [0.15, 0.2) is 41.5 Å². The Kier molecular flexibility index (Phi) is 3.33. The summed E-state index contributed by atoms with van der Waals surface area (Å²) in [5.41, 5.74) is 8.43. The minimum absolute atomic E-state index is 0.0253. The molecular formula is C13H13N3O3. The van der Waals surface area contributed by atoms with Gasteiger partial charge in [-0.3, -0.25) is 19.8 Å². The molecule has 19 heavy (non-hydrogen) atoms. The monoisotopic (exact) mass is 259 g/mol. The van der Waals surface area contributed by atoms with Crippen molar-refractivity contribution in [3.8, 4) is 0 Å². The van der Waals surface area contributed by atoms with Crippen molar-refractivity contribution in [2.45, 2.75) is 13.3 Å². The van der Waals surface area contributed by atoms with E-state index in [0.717, 1.165) is 5.01 Å². The van der Waals surface area contributed by atoms with Crippen LogP contribution < -0.4 is 16.2 Å². The maximum absolute atomic E-state index is 12.2. The van der Waals surface area contributed by atoms with Crippen LogP contribution in [0.3, 0.4) is 0 Å². The topological polar surface area (TPSA) is 92.5 Å². The zero-order valence-corrected chi connectivity index (χ0v) is 10.3. The zero-order valence-electron chi connectivity index (χ0n) is 10.3. The Labute approximate surface area is 109 Å². The summed E-state index contributed by atoms with van der Waals surface area (Å²) in [5, 5.41) is 1.15. The third-order valence-corrected chi connectivity index (χ3v) is 2.74. The summed E-state index contributed by atoms with van der Waals surface area (Å²) in [6.45, 7) is 1.55. The fraction of sp³-hybridized carbons (Fsp3) is 0.154. The van der Waals surface area contributed by atoms with Crippen LogP contribution in [-0.4, -0.2) is 17.7 Å². The molecule has 0 saturated carbocycles. The molecule has 6 heteroatoms. The van der Waals surface area contributed by atoms with Crippen LogP contribution in [0, 0.1) is 0 Å². The molecule has 3 amide bonds. The van der Waals surface area contributed by atoms with Crippen molar-refractivity contribution >= 4 is 23.4 Å². The first-order chi connectivity index (χ1) is 9.00. The number of anilines is 1. The first kappa shape index (κ1) is 12.8. The number of carbonyl (C=O) groups excluding carboxylic acids is 3. The molecule has 1 aliphatic heterocycles. The lowest BCUT2D eigenvalue weighted by Gasteiger charge is -2.14. The quantitative estimate of drug-likeness (QED) is 0.602. The van der Waals surface area contributed by atoms with Crippen molar-refractivity contribution in [1.82, 2.24) is 5.43 Å². The van der Waals surface area contributed by atoms with E-state index in [1.807, 2.05) is 0 Å². The van der Waals surface area contributed by atoms with E-state index < -0.39 is 17.7 Å². The van der Waals surface area contributed by atoms with E-state index in [4.69, 9.17) is 5.73 Å². The largest absolute Gasteiger partial charge is 0.369 e. The summed E-state index contributed by atoms with van der Waals surface area (Å²) in [7, 11) is 0. The Morgan fingerprint density at radius 2 is 1.89 bits per heavy atom. The highest BCUT2D eigenvalue weighted by Gasteiger charge is 2.35. The lowest BCUT2D eigenvalue weighted by atomic mass is 10.1. The molecule has 0 bridgehead atoms. The van der Waals surface area contributed by atoms with Crippen LogP contribution in [0.5, 0.6) is 0 Å². The maximum atomic E-state index is 12.2. The van der Waals surface area contributed by atoms with Crippen molar-refractivity contribution < 1.29 is 14.4 Å². The van der Waals surface area contributed by atoms with Crippen LogP contribution >= 0.6 is 0 Å². The number of carbonyl (C=O) groups is 3. The van der Waals surface area contributed by atoms with Gasteiger partial charge in [-0.05, 0) is 24.6 Å². The number of nitrogens with zero attached hydrogens (tertiary/aromatic N) is 1. The zero-order chi connectivity index (χ0) is 14.0. The summed E-state index contributed by atoms with van der Waals surface area (Å²) in [6, 6.07) is 8.72. The number of hydrazine groups is 1. The lowest BCUT2D eigenvalue weighted by Crippen LogP contribution is -2.35. The van der Waals surface area contributed by atoms with Gasteiger partial charge in [0.15, 0.2) is 0 Å². The second-order valence-corrected chi connectivity index (χ2v) is 4.22. The molecule has 0 aliphatic carbocycles. The first-order valence-corrected chi connectivity index (χ1v) is 5.69. The lowest BCUT2D eigenvalue weighted by molar-refractivity contribution is -0.117. The number of primary amides is 1. The van der Waals surface area contributed by atoms with Gasteiger partial charge in [0.25, 0.3) is 11.8 Å². The number of nitrogens with one attached hydrogen (secondary N) is 1. The number of hydrogen-bond donors (Lipinski definition) is 2. The minimum Gasteiger partial charge on any atom is -0.369 e. The van der Waals surface area contributed by atoms with Gasteiger partial charge < -0.3 is 5.73 Å². The molecule has 1 saturated heterocycles. The molecule has 0 unspecified atom stereocenters. The van der Waals surface area contributed by atoms with Crippen molar-refractivity contribution in [3.63, 3.8) is 0 Å². The highest BCUT2D eigenvalue weighted by atomic mass is 16.2. The Hall–Kier alpha value is -2.63. The Balaban J connectivity index is 2.34. The number of para-hydroxylation sites is 1. The van der Waals surface area contributed by atoms with E-state index in [1.165, 1.54) is 0 Å². The summed E-state index contributed by atoms with van der Waals surface area (Å²) in [4.78, 5) is 34.8. The Morgan fingerprint density at radius 3 is 2.47 bits per heavy atom. The second-order valence-electron chi connectivity index (χ2n) is 4.22. The van der Waals surface area contributed by atoms with Gasteiger partial charge in [0, 0.05) is 6.42 Å². The van der Waals surface area contributed by atoms with Gasteiger partial charge in [-0.25, -0.2) is 5.01 Å². The third-order valence-electron chi connectivity index (χ3n) is 2.74. The fourth-order valence-electron chi connectivity index (χ4n) is 1.90. The molecule has 2 rings (SSSR count). The molecule has 98 valence electrons. The van der Waals surface area contributed by atoms with Crippen molar-refractivity contribution in [2.75, 3.05) is 5.01 Å². The molecule has 0 spiro atoms. The molecular weight excluding hydrogens is 246 g/mol. The van der Waals surface area contributed by atoms with Crippen LogP contribution in [0.1, 0.15) is 13.3 Å². The van der Waals surface area contributed by atoms with Crippen LogP contribution in [-0.2, 0) is 14.4 Å². The van der Waals surface area contributed by atoms with Gasteiger partial charge in [0.05, 0.1) is 5.69 Å². The van der Waals surface area contributed by atoms with E-state index in [0.29, 0.717) is 11.3 Å². The Morgan fingerprint density at radius 1 is 1.26 bits per heavy atom. The van der Waals surface area contributed by atoms with Gasteiger partial charge >= 0.3 is 0 Å². The number of hydrogen-bond acceptors (Lipinski definition) is 3. The van der Waals surface area contributed by atoms with E-state index in [2.05, 4.69) is 5.43 Å². The van der Waals surface area contributed by atoms with E-state index in [1.54, 1.807) is 37.3 Å². The number of rotatable bonds is 3. The predicted octanol–water partition coefficient (Wildman–Crippen LogP) is 0.256. The summed E-state index contributed by atoms with van der Waals surface area (Å²) in [6.07, 6.45) is -0.114. The standard InChI is InChI=1S/C13H13N3O3/c1-8(7-10(14)17)11-12(18)15-16(13(11)19)9-5-3-2-4-6-9/h2-6H,7H2,1H3,(H2,14,17)(H,15,18). The fourth-order valence-corrected chi connectivity index (χ4v) is 1.90. The number of nitrogens with two attached hydrogens (primary N) is 1. The highest BCUT2D eigenvalue weighted by Crippen LogP contribution is 2.22. The summed E-state index contributed by atoms with van der Waals surface area (Å²) >= 11 is 0. The normalized spacial score (nSPS) is 17.4. The van der Waals surface area contributed by atoms with Crippen LogP contribution in [0.4, 0.5) is 5.69 Å². The third kappa shape index (κ3) is 2.47. The van der Waals surface area contributed by atoms with Crippen LogP contribution in [0.2, 0.25) is 0 Å². The van der Waals surface area contributed by atoms with E-state index in [-0.39, 0.29) is 12.0 Å². The smallest absolute Gasteiger partial charge is 0.282 e. The molecule has 0 aromatic heterocycles. The maximum Gasteiger partial charge on any atom is 0.282 e. The molecule has 1 aromatic carbocycles. The molecule has 1 aromatic rings. The van der Waals surface area contributed by atoms with E-state index in [9.17, 15) is 14.4 Å². The summed E-state index contributed by atoms with van der Waals surface area (Å²) in [5.74, 6) is -1.58. The van der Waals surface area contributed by atoms with Gasteiger partial charge in [-0.15, -0.1) is 0 Å². The average molecular weight is 259 g/mol. The number of benzene rings is 1. The SMILES string of the molecule is CC(CC(N)=O)=C1C(=O)NN(c2ccccc2)C1=O. The first-order valence-electron chi connectivity index (χ1n) is 5.69. The van der Waals surface area contributed by atoms with Gasteiger partial charge in [0.1, 0.15) is 5.57 Å². The second kappa shape index (κ2) is 4.93. The van der Waals surface area contributed by atoms with Crippen molar-refractivity contribution in [3.05, 3.63) is 41.5 Å². The predicted molar refractivity (Wildman–Crippen MR) is 68.6 cm³/mol. The molecule has 1 aliphatic rings. The average Bonchev–Trinajstić information content (AvgIpc) is 2.65. The number of amides is 3.